The number of halogens is 6. The predicted octanol–water partition coefficient (Wildman–Crippen LogP) is 4.77. The van der Waals surface area contributed by atoms with Crippen LogP contribution in [0.25, 0.3) is 0 Å². The quantitative estimate of drug-likeness (QED) is 0.516. The molecule has 37 heavy (non-hydrogen) atoms. The number of sulfone groups is 1. The monoisotopic (exact) mass is 546 g/mol. The molecule has 2 aromatic heterocycles. The zero-order valence-electron chi connectivity index (χ0n) is 19.5. The SMILES string of the molecule is CCS(=O)(=O)c1cc(C2=NC(C(F)(F)F)=CCC2C)cnc1C(=O)N1CCc2ncc(C(F)(F)F)cc21. The van der Waals surface area contributed by atoms with Crippen LogP contribution >= 0.6 is 0 Å². The number of nitrogens with zero attached hydrogens (tertiary/aromatic N) is 4. The zero-order chi connectivity index (χ0) is 27.3. The highest BCUT2D eigenvalue weighted by Crippen LogP contribution is 2.36. The van der Waals surface area contributed by atoms with Gasteiger partial charge < -0.3 is 4.90 Å². The molecule has 2 aromatic rings. The van der Waals surface area contributed by atoms with Crippen molar-refractivity contribution in [2.75, 3.05) is 17.2 Å². The lowest BCUT2D eigenvalue weighted by atomic mass is 9.93. The standard InChI is InChI=1S/C23H20F6N4O3S/c1-3-37(35,36)17-8-13(19-12(2)4-5-18(32-19)23(27,28)29)10-31-20(17)21(34)33-7-6-15-16(33)9-14(11-30-15)22(24,25)26/h5,8-12H,3-4,6-7H2,1-2H3. The van der Waals surface area contributed by atoms with Gasteiger partial charge in [-0.2, -0.15) is 26.3 Å². The lowest BCUT2D eigenvalue weighted by Crippen LogP contribution is -2.32. The maximum absolute atomic E-state index is 13.4. The van der Waals surface area contributed by atoms with Crippen molar-refractivity contribution in [1.82, 2.24) is 9.97 Å². The molecule has 198 valence electrons. The van der Waals surface area contributed by atoms with Crippen LogP contribution in [0, 0.1) is 5.92 Å². The van der Waals surface area contributed by atoms with E-state index >= 15 is 0 Å². The molecule has 2 aliphatic heterocycles. The van der Waals surface area contributed by atoms with Crippen molar-refractivity contribution in [1.29, 1.82) is 0 Å². The number of amides is 1. The summed E-state index contributed by atoms with van der Waals surface area (Å²) in [5, 5.41) is 0. The van der Waals surface area contributed by atoms with Gasteiger partial charge >= 0.3 is 12.4 Å². The Hall–Kier alpha value is -3.29. The van der Waals surface area contributed by atoms with E-state index in [1.54, 1.807) is 6.92 Å². The first-order valence-electron chi connectivity index (χ1n) is 11.1. The number of pyridine rings is 2. The van der Waals surface area contributed by atoms with Crippen LogP contribution in [-0.2, 0) is 22.4 Å². The maximum atomic E-state index is 13.4. The highest BCUT2D eigenvalue weighted by atomic mass is 32.2. The molecule has 0 saturated heterocycles. The van der Waals surface area contributed by atoms with Crippen molar-refractivity contribution in [2.24, 2.45) is 10.9 Å². The first-order valence-corrected chi connectivity index (χ1v) is 12.8. The van der Waals surface area contributed by atoms with Crippen LogP contribution in [0.4, 0.5) is 32.0 Å². The molecule has 1 atom stereocenters. The minimum atomic E-state index is -4.71. The normalized spacial score (nSPS) is 18.4. The Kier molecular flexibility index (Phi) is 6.67. The Morgan fingerprint density at radius 2 is 1.78 bits per heavy atom. The fourth-order valence-electron chi connectivity index (χ4n) is 4.09. The molecule has 0 spiro atoms. The second-order valence-corrected chi connectivity index (χ2v) is 10.8. The highest BCUT2D eigenvalue weighted by Gasteiger charge is 2.38. The number of fused-ring (bicyclic) bond motifs is 1. The molecule has 4 rings (SSSR count). The van der Waals surface area contributed by atoms with E-state index in [2.05, 4.69) is 15.0 Å². The smallest absolute Gasteiger partial charge is 0.305 e. The summed E-state index contributed by atoms with van der Waals surface area (Å²) in [6, 6.07) is 1.81. The molecule has 2 aliphatic rings. The Morgan fingerprint density at radius 1 is 1.08 bits per heavy atom. The van der Waals surface area contributed by atoms with Crippen LogP contribution in [0.1, 0.15) is 47.6 Å². The molecule has 7 nitrogen and oxygen atoms in total. The third-order valence-corrected chi connectivity index (χ3v) is 7.85. The fraction of sp³-hybridized carbons (Fsp3) is 0.391. The lowest BCUT2D eigenvalue weighted by molar-refractivity contribution is -0.137. The molecule has 0 fully saturated rings. The highest BCUT2D eigenvalue weighted by molar-refractivity contribution is 7.91. The fourth-order valence-corrected chi connectivity index (χ4v) is 5.14. The van der Waals surface area contributed by atoms with Gasteiger partial charge in [0.1, 0.15) is 11.4 Å². The molecule has 0 bridgehead atoms. The average Bonchev–Trinajstić information content (AvgIpc) is 3.25. The molecule has 0 saturated carbocycles. The molecular weight excluding hydrogens is 526 g/mol. The number of anilines is 1. The Morgan fingerprint density at radius 3 is 2.41 bits per heavy atom. The summed E-state index contributed by atoms with van der Waals surface area (Å²) in [4.78, 5) is 25.3. The van der Waals surface area contributed by atoms with E-state index in [1.807, 2.05) is 0 Å². The Balaban J connectivity index is 1.80. The second kappa shape index (κ2) is 9.23. The molecule has 4 heterocycles. The number of carbonyl (C=O) groups is 1. The van der Waals surface area contributed by atoms with Crippen LogP contribution in [0.2, 0.25) is 0 Å². The largest absolute Gasteiger partial charge is 0.433 e. The number of aliphatic imine (C=N–C) groups is 1. The molecule has 0 aliphatic carbocycles. The van der Waals surface area contributed by atoms with Gasteiger partial charge in [0.25, 0.3) is 5.91 Å². The first kappa shape index (κ1) is 26.8. The van der Waals surface area contributed by atoms with E-state index in [0.29, 0.717) is 6.20 Å². The lowest BCUT2D eigenvalue weighted by Gasteiger charge is -2.22. The average molecular weight is 546 g/mol. The van der Waals surface area contributed by atoms with Crippen molar-refractivity contribution in [2.45, 2.75) is 43.9 Å². The van der Waals surface area contributed by atoms with E-state index < -0.39 is 61.6 Å². The Labute approximate surface area is 207 Å². The number of aromatic nitrogens is 2. The minimum Gasteiger partial charge on any atom is -0.305 e. The third-order valence-electron chi connectivity index (χ3n) is 6.11. The summed E-state index contributed by atoms with van der Waals surface area (Å²) in [6.45, 7) is 2.87. The van der Waals surface area contributed by atoms with Crippen LogP contribution in [0.15, 0.2) is 46.2 Å². The van der Waals surface area contributed by atoms with E-state index in [1.165, 1.54) is 6.92 Å². The van der Waals surface area contributed by atoms with Crippen molar-refractivity contribution in [3.8, 4) is 0 Å². The Bertz CT molecular complexity index is 1430. The molecule has 0 radical (unpaired) electrons. The summed E-state index contributed by atoms with van der Waals surface area (Å²) in [5.74, 6) is -1.92. The van der Waals surface area contributed by atoms with E-state index in [4.69, 9.17) is 0 Å². The van der Waals surface area contributed by atoms with Crippen LogP contribution in [0.5, 0.6) is 0 Å². The van der Waals surface area contributed by atoms with Gasteiger partial charge in [-0.05, 0) is 18.6 Å². The van der Waals surface area contributed by atoms with Gasteiger partial charge in [0.05, 0.1) is 33.3 Å². The molecule has 0 N–H and O–H groups in total. The summed E-state index contributed by atoms with van der Waals surface area (Å²) in [7, 11) is -4.13. The molecular formula is C23H20F6N4O3S. The summed E-state index contributed by atoms with van der Waals surface area (Å²) in [6.07, 6.45) is -6.62. The number of alkyl halides is 6. The number of hydrogen-bond donors (Lipinski definition) is 0. The second-order valence-electron chi connectivity index (χ2n) is 8.59. The van der Waals surface area contributed by atoms with Crippen LogP contribution in [-0.4, -0.2) is 48.5 Å². The summed E-state index contributed by atoms with van der Waals surface area (Å²) >= 11 is 0. The molecule has 1 unspecified atom stereocenters. The number of rotatable bonds is 4. The van der Waals surface area contributed by atoms with Gasteiger partial charge in [0, 0.05) is 36.8 Å². The van der Waals surface area contributed by atoms with Gasteiger partial charge in [-0.3, -0.25) is 9.78 Å². The van der Waals surface area contributed by atoms with Crippen molar-refractivity contribution >= 4 is 27.1 Å². The third kappa shape index (κ3) is 5.11. The molecule has 0 aromatic carbocycles. The van der Waals surface area contributed by atoms with E-state index in [-0.39, 0.29) is 42.0 Å². The van der Waals surface area contributed by atoms with E-state index in [0.717, 1.165) is 29.3 Å². The van der Waals surface area contributed by atoms with Crippen LogP contribution in [0.3, 0.4) is 0 Å². The predicted molar refractivity (Wildman–Crippen MR) is 121 cm³/mol. The van der Waals surface area contributed by atoms with Gasteiger partial charge in [-0.1, -0.05) is 19.9 Å². The van der Waals surface area contributed by atoms with Crippen molar-refractivity contribution < 1.29 is 39.6 Å². The zero-order valence-corrected chi connectivity index (χ0v) is 20.3. The van der Waals surface area contributed by atoms with Crippen LogP contribution < -0.4 is 4.90 Å². The van der Waals surface area contributed by atoms with Gasteiger partial charge in [0.2, 0.25) is 0 Å². The summed E-state index contributed by atoms with van der Waals surface area (Å²) in [5.41, 5.74) is -2.68. The first-order chi connectivity index (χ1) is 17.1. The summed E-state index contributed by atoms with van der Waals surface area (Å²) < 4.78 is 105. The maximum Gasteiger partial charge on any atom is 0.433 e. The van der Waals surface area contributed by atoms with Crippen molar-refractivity contribution in [3.63, 3.8) is 0 Å². The van der Waals surface area contributed by atoms with Gasteiger partial charge in [0.15, 0.2) is 9.84 Å². The molecule has 1 amide bonds. The van der Waals surface area contributed by atoms with Gasteiger partial charge in [-0.15, -0.1) is 0 Å². The van der Waals surface area contributed by atoms with Crippen molar-refractivity contribution in [3.05, 3.63) is 58.8 Å². The number of carbonyl (C=O) groups excluding carboxylic acids is 1. The topological polar surface area (TPSA) is 92.6 Å². The minimum absolute atomic E-state index is 0.00329. The number of hydrogen-bond acceptors (Lipinski definition) is 6. The van der Waals surface area contributed by atoms with Gasteiger partial charge in [-0.25, -0.2) is 18.4 Å². The van der Waals surface area contributed by atoms with E-state index in [9.17, 15) is 39.6 Å². The number of allylic oxidation sites excluding steroid dienone is 2. The molecule has 14 heteroatoms.